The number of hydrogen-bond acceptors (Lipinski definition) is 3. The molecule has 1 fully saturated rings. The molecule has 2 N–H and O–H groups in total. The maximum Gasteiger partial charge on any atom is 0.154 e. The number of anilines is 1. The minimum absolute atomic E-state index is 0.164. The SMILES string of the molecule is C1=Cc2c(ccc3sc4ccccc4c23)C=1c1cc([Si](c2ccccc2)(c2ccccc2)C2C=CCCC2)ccc1NC1N[C@@H]1c1ccccc1. The summed E-state index contributed by atoms with van der Waals surface area (Å²) in [7, 11) is -2.56. The number of rotatable bonds is 8. The fourth-order valence-electron chi connectivity index (χ4n) is 8.88. The van der Waals surface area contributed by atoms with Crippen LogP contribution in [0.1, 0.15) is 47.6 Å². The van der Waals surface area contributed by atoms with Crippen LogP contribution in [0.5, 0.6) is 0 Å². The molecule has 7 aromatic rings. The second-order valence-corrected chi connectivity index (χ2v) is 19.3. The van der Waals surface area contributed by atoms with Crippen LogP contribution in [0.4, 0.5) is 5.69 Å². The van der Waals surface area contributed by atoms with Crippen LogP contribution < -0.4 is 26.2 Å². The van der Waals surface area contributed by atoms with Crippen molar-refractivity contribution in [2.75, 3.05) is 5.32 Å². The van der Waals surface area contributed by atoms with E-state index >= 15 is 0 Å². The first kappa shape index (κ1) is 30.6. The Hall–Kier alpha value is -5.22. The minimum Gasteiger partial charge on any atom is -0.368 e. The topological polar surface area (TPSA) is 34.0 Å². The summed E-state index contributed by atoms with van der Waals surface area (Å²) in [5.41, 5.74) is 11.7. The number of benzene rings is 6. The van der Waals surface area contributed by atoms with Crippen LogP contribution in [-0.2, 0) is 0 Å². The van der Waals surface area contributed by atoms with E-state index in [1.54, 1.807) is 0 Å². The fraction of sp³-hybridized carbons (Fsp3) is 0.128. The average molecular weight is 691 g/mol. The van der Waals surface area contributed by atoms with Crippen molar-refractivity contribution < 1.29 is 0 Å². The van der Waals surface area contributed by atoms with Crippen LogP contribution in [0, 0.1) is 0 Å². The van der Waals surface area contributed by atoms with Gasteiger partial charge in [-0.15, -0.1) is 17.1 Å². The lowest BCUT2D eigenvalue weighted by atomic mass is 9.94. The van der Waals surface area contributed by atoms with Crippen molar-refractivity contribution in [3.8, 4) is 0 Å². The molecule has 2 unspecified atom stereocenters. The Kier molecular flexibility index (Phi) is 7.51. The average Bonchev–Trinajstić information content (AvgIpc) is 3.66. The van der Waals surface area contributed by atoms with E-state index in [1.165, 1.54) is 76.4 Å². The van der Waals surface area contributed by atoms with E-state index in [4.69, 9.17) is 0 Å². The third-order valence-electron chi connectivity index (χ3n) is 11.3. The third-order valence-corrected chi connectivity index (χ3v) is 17.7. The zero-order chi connectivity index (χ0) is 33.8. The Labute approximate surface area is 304 Å². The number of hydrogen-bond donors (Lipinski definition) is 2. The molecule has 3 aliphatic rings. The smallest absolute Gasteiger partial charge is 0.154 e. The van der Waals surface area contributed by atoms with Crippen LogP contribution in [-0.4, -0.2) is 14.2 Å². The molecule has 0 spiro atoms. The Bertz CT molecular complexity index is 2470. The lowest BCUT2D eigenvalue weighted by Crippen LogP contribution is -2.69. The summed E-state index contributed by atoms with van der Waals surface area (Å²) in [5.74, 6) is 0. The second kappa shape index (κ2) is 12.5. The van der Waals surface area contributed by atoms with Gasteiger partial charge in [-0.2, -0.15) is 0 Å². The molecule has 0 bridgehead atoms. The highest BCUT2D eigenvalue weighted by molar-refractivity contribution is 7.25. The molecule has 1 aliphatic heterocycles. The lowest BCUT2D eigenvalue weighted by molar-refractivity contribution is 0.719. The maximum absolute atomic E-state index is 3.96. The number of allylic oxidation sites excluding steroid dienone is 2. The highest BCUT2D eigenvalue weighted by atomic mass is 32.1. The van der Waals surface area contributed by atoms with Gasteiger partial charge in [-0.3, -0.25) is 5.32 Å². The van der Waals surface area contributed by atoms with Gasteiger partial charge < -0.3 is 5.32 Å². The normalized spacial score (nSPS) is 19.3. The lowest BCUT2D eigenvalue weighted by Gasteiger charge is -2.41. The summed E-state index contributed by atoms with van der Waals surface area (Å²) in [6.07, 6.45) is 11.0. The first-order valence-electron chi connectivity index (χ1n) is 18.2. The van der Waals surface area contributed by atoms with Crippen molar-refractivity contribution in [2.24, 2.45) is 0 Å². The Balaban J connectivity index is 1.18. The molecule has 4 heteroatoms. The van der Waals surface area contributed by atoms with E-state index in [-0.39, 0.29) is 12.2 Å². The molecule has 1 aromatic heterocycles. The van der Waals surface area contributed by atoms with Gasteiger partial charge >= 0.3 is 0 Å². The Morgan fingerprint density at radius 2 is 1.41 bits per heavy atom. The number of nitrogens with one attached hydrogen (secondary N) is 2. The molecule has 10 rings (SSSR count). The van der Waals surface area contributed by atoms with E-state index < -0.39 is 8.07 Å². The molecule has 0 radical (unpaired) electrons. The fourth-order valence-corrected chi connectivity index (χ4v) is 15.5. The number of fused-ring (bicyclic) bond motifs is 5. The van der Waals surface area contributed by atoms with Crippen molar-refractivity contribution in [3.05, 3.63) is 186 Å². The molecular formula is C47H38N2SSi. The summed E-state index contributed by atoms with van der Waals surface area (Å²) in [6, 6.07) is 54.8. The maximum atomic E-state index is 3.96. The zero-order valence-electron chi connectivity index (χ0n) is 28.4. The molecule has 1 saturated heterocycles. The molecule has 0 amide bonds. The van der Waals surface area contributed by atoms with E-state index in [0.717, 1.165) is 12.1 Å². The van der Waals surface area contributed by atoms with Crippen molar-refractivity contribution in [1.82, 2.24) is 5.32 Å². The van der Waals surface area contributed by atoms with Crippen LogP contribution in [0.2, 0.25) is 5.54 Å². The first-order valence-corrected chi connectivity index (χ1v) is 21.1. The summed E-state index contributed by atoms with van der Waals surface area (Å²) < 4.78 is 2.67. The second-order valence-electron chi connectivity index (χ2n) is 14.1. The van der Waals surface area contributed by atoms with Gasteiger partial charge in [-0.05, 0) is 81.3 Å². The third kappa shape index (κ3) is 5.10. The molecule has 2 heterocycles. The molecule has 3 atom stereocenters. The van der Waals surface area contributed by atoms with Gasteiger partial charge in [-0.1, -0.05) is 140 Å². The summed E-state index contributed by atoms with van der Waals surface area (Å²) >= 11 is 1.88. The van der Waals surface area contributed by atoms with E-state index in [0.29, 0.717) is 5.54 Å². The quantitative estimate of drug-likeness (QED) is 0.0548. The van der Waals surface area contributed by atoms with Gasteiger partial charge in [0.1, 0.15) is 0 Å². The first-order chi connectivity index (χ1) is 25.3. The highest BCUT2D eigenvalue weighted by Gasteiger charge is 2.46. The zero-order valence-corrected chi connectivity index (χ0v) is 30.2. The van der Waals surface area contributed by atoms with Crippen molar-refractivity contribution >= 4 is 72.5 Å². The highest BCUT2D eigenvalue weighted by Crippen LogP contribution is 2.44. The molecular weight excluding hydrogens is 653 g/mol. The van der Waals surface area contributed by atoms with E-state index in [9.17, 15) is 0 Å². The molecule has 0 saturated carbocycles. The van der Waals surface area contributed by atoms with E-state index in [2.05, 4.69) is 180 Å². The summed E-state index contributed by atoms with van der Waals surface area (Å²) in [6.45, 7) is 0. The molecule has 2 nitrogen and oxygen atoms in total. The predicted molar refractivity (Wildman–Crippen MR) is 220 cm³/mol. The van der Waals surface area contributed by atoms with Gasteiger partial charge in [0.05, 0.1) is 12.2 Å². The van der Waals surface area contributed by atoms with Crippen LogP contribution in [0.3, 0.4) is 0 Å². The van der Waals surface area contributed by atoms with Gasteiger partial charge in [-0.25, -0.2) is 0 Å². The molecule has 6 aromatic carbocycles. The molecule has 246 valence electrons. The largest absolute Gasteiger partial charge is 0.368 e. The van der Waals surface area contributed by atoms with Gasteiger partial charge in [0.15, 0.2) is 8.07 Å². The van der Waals surface area contributed by atoms with Crippen molar-refractivity contribution in [1.29, 1.82) is 0 Å². The summed E-state index contributed by atoms with van der Waals surface area (Å²) in [5, 5.41) is 14.7. The monoisotopic (exact) mass is 690 g/mol. The van der Waals surface area contributed by atoms with Gasteiger partial charge in [0.2, 0.25) is 0 Å². The molecule has 51 heavy (non-hydrogen) atoms. The van der Waals surface area contributed by atoms with Crippen molar-refractivity contribution in [2.45, 2.75) is 37.0 Å². The van der Waals surface area contributed by atoms with Gasteiger partial charge in [0.25, 0.3) is 0 Å². The van der Waals surface area contributed by atoms with Crippen LogP contribution in [0.25, 0.3) is 31.8 Å². The van der Waals surface area contributed by atoms with Crippen LogP contribution >= 0.6 is 11.3 Å². The minimum atomic E-state index is -2.56. The Morgan fingerprint density at radius 3 is 2.16 bits per heavy atom. The predicted octanol–water partition coefficient (Wildman–Crippen LogP) is 9.77. The van der Waals surface area contributed by atoms with Crippen molar-refractivity contribution in [3.63, 3.8) is 0 Å². The van der Waals surface area contributed by atoms with E-state index in [1.807, 2.05) is 11.3 Å². The summed E-state index contributed by atoms with van der Waals surface area (Å²) in [4.78, 5) is 0. The van der Waals surface area contributed by atoms with Gasteiger partial charge in [0, 0.05) is 37.0 Å². The Morgan fingerprint density at radius 1 is 0.686 bits per heavy atom. The standard InChI is InChI=1S/C47H38N2SSi/c1-5-15-32(16-6-1)46-47(49-46)48-42-29-25-36(51(33-17-7-2-8-18-33,34-19-9-3-10-20-34)35-21-11-4-12-22-35)31-41(42)38-26-27-39-37(38)28-30-44-45(39)40-23-13-14-24-43(40)50-44/h1-3,5-11,13-21,23-25,27-31,35,46-49H,4,12,22H2/t35?,46-,47?/m1/s1. The molecule has 2 aliphatic carbocycles. The number of thiophene rings is 1. The van der Waals surface area contributed by atoms with Crippen LogP contribution in [0.15, 0.2) is 163 Å².